The van der Waals surface area contributed by atoms with Crippen molar-refractivity contribution in [2.75, 3.05) is 18.5 Å². The zero-order valence-corrected chi connectivity index (χ0v) is 15.7. The van der Waals surface area contributed by atoms with Crippen molar-refractivity contribution < 1.29 is 14.7 Å². The van der Waals surface area contributed by atoms with Crippen LogP contribution in [0.5, 0.6) is 0 Å². The van der Waals surface area contributed by atoms with Crippen LogP contribution in [0.15, 0.2) is 18.3 Å². The Morgan fingerprint density at radius 1 is 1.19 bits per heavy atom. The third kappa shape index (κ3) is 3.90. The number of aromatic nitrogens is 1. The predicted octanol–water partition coefficient (Wildman–Crippen LogP) is 2.59. The first kappa shape index (κ1) is 18.8. The Morgan fingerprint density at radius 3 is 2.42 bits per heavy atom. The molecule has 0 radical (unpaired) electrons. The number of anilines is 1. The molecule has 0 aromatic carbocycles. The Kier molecular flexibility index (Phi) is 5.32. The molecule has 0 aliphatic heterocycles. The van der Waals surface area contributed by atoms with Crippen LogP contribution in [0.1, 0.15) is 63.9 Å². The smallest absolute Gasteiger partial charge is 0.314 e. The van der Waals surface area contributed by atoms with Crippen LogP contribution in [-0.2, 0) is 9.59 Å². The summed E-state index contributed by atoms with van der Waals surface area (Å²) in [6.45, 7) is 4.41. The van der Waals surface area contributed by atoms with Gasteiger partial charge < -0.3 is 15.7 Å². The fourth-order valence-corrected chi connectivity index (χ4v) is 4.09. The average molecular weight is 359 g/mol. The van der Waals surface area contributed by atoms with E-state index >= 15 is 0 Å². The van der Waals surface area contributed by atoms with Crippen molar-refractivity contribution in [1.29, 1.82) is 0 Å². The zero-order valence-electron chi connectivity index (χ0n) is 15.7. The summed E-state index contributed by atoms with van der Waals surface area (Å²) < 4.78 is 0. The Bertz CT molecular complexity index is 665. The molecule has 2 amide bonds. The fourth-order valence-electron chi connectivity index (χ4n) is 4.09. The molecule has 2 aliphatic rings. The molecule has 1 unspecified atom stereocenters. The minimum absolute atomic E-state index is 0.00604. The maximum absolute atomic E-state index is 12.1. The van der Waals surface area contributed by atoms with E-state index in [1.165, 1.54) is 37.7 Å². The molecule has 1 heterocycles. The highest BCUT2D eigenvalue weighted by Gasteiger charge is 2.60. The normalized spacial score (nSPS) is 24.7. The topological polar surface area (TPSA) is 91.3 Å². The largest absolute Gasteiger partial charge is 0.396 e. The minimum atomic E-state index is -0.727. The number of hydrogen-bond acceptors (Lipinski definition) is 4. The molecule has 26 heavy (non-hydrogen) atoms. The lowest BCUT2D eigenvalue weighted by Crippen LogP contribution is -2.40. The lowest BCUT2D eigenvalue weighted by Gasteiger charge is -2.21. The van der Waals surface area contributed by atoms with Crippen LogP contribution in [0.2, 0.25) is 0 Å². The van der Waals surface area contributed by atoms with E-state index in [1.54, 1.807) is 12.3 Å². The van der Waals surface area contributed by atoms with Crippen LogP contribution in [0, 0.1) is 10.8 Å². The number of amides is 2. The van der Waals surface area contributed by atoms with Crippen molar-refractivity contribution >= 4 is 17.6 Å². The first-order valence-electron chi connectivity index (χ1n) is 9.53. The van der Waals surface area contributed by atoms with E-state index in [2.05, 4.69) is 15.6 Å². The molecule has 1 aromatic heterocycles. The number of pyridine rings is 1. The molecule has 3 rings (SSSR count). The number of nitrogens with one attached hydrogen (secondary N) is 2. The summed E-state index contributed by atoms with van der Waals surface area (Å²) in [5, 5.41) is 14.7. The molecule has 2 aliphatic carbocycles. The number of hydrogen-bond donors (Lipinski definition) is 3. The maximum Gasteiger partial charge on any atom is 0.314 e. The fraction of sp³-hybridized carbons (Fsp3) is 0.650. The highest BCUT2D eigenvalue weighted by atomic mass is 16.3. The van der Waals surface area contributed by atoms with Crippen LogP contribution < -0.4 is 10.6 Å². The molecule has 0 saturated heterocycles. The lowest BCUT2D eigenvalue weighted by atomic mass is 9.85. The van der Waals surface area contributed by atoms with E-state index in [1.807, 2.05) is 19.9 Å². The van der Waals surface area contributed by atoms with Crippen molar-refractivity contribution in [3.8, 4) is 0 Å². The zero-order chi connectivity index (χ0) is 18.8. The summed E-state index contributed by atoms with van der Waals surface area (Å²) in [4.78, 5) is 28.4. The molecule has 0 spiro atoms. The number of nitrogens with zero attached hydrogens (tertiary/aromatic N) is 1. The maximum atomic E-state index is 12.1. The second kappa shape index (κ2) is 7.35. The van der Waals surface area contributed by atoms with E-state index in [4.69, 9.17) is 0 Å². The second-order valence-electron chi connectivity index (χ2n) is 8.45. The van der Waals surface area contributed by atoms with E-state index in [0.29, 0.717) is 18.3 Å². The van der Waals surface area contributed by atoms with E-state index in [0.717, 1.165) is 6.42 Å². The first-order valence-corrected chi connectivity index (χ1v) is 9.53. The molecule has 142 valence electrons. The van der Waals surface area contributed by atoms with E-state index in [9.17, 15) is 14.7 Å². The van der Waals surface area contributed by atoms with E-state index < -0.39 is 11.8 Å². The van der Waals surface area contributed by atoms with Gasteiger partial charge >= 0.3 is 11.8 Å². The molecule has 6 heteroatoms. The van der Waals surface area contributed by atoms with Gasteiger partial charge in [0.25, 0.3) is 0 Å². The van der Waals surface area contributed by atoms with Crippen LogP contribution in [-0.4, -0.2) is 35.1 Å². The van der Waals surface area contributed by atoms with Gasteiger partial charge in [0.15, 0.2) is 0 Å². The summed E-state index contributed by atoms with van der Waals surface area (Å²) in [7, 11) is 0. The highest BCUT2D eigenvalue weighted by Crippen LogP contribution is 2.62. The van der Waals surface area contributed by atoms with Crippen molar-refractivity contribution in [3.05, 3.63) is 23.9 Å². The van der Waals surface area contributed by atoms with Crippen LogP contribution in [0.4, 0.5) is 5.82 Å². The summed E-state index contributed by atoms with van der Waals surface area (Å²) in [6, 6.07) is 3.75. The van der Waals surface area contributed by atoms with Gasteiger partial charge in [-0.3, -0.25) is 9.59 Å². The number of aliphatic hydroxyl groups is 1. The Balaban J connectivity index is 1.50. The van der Waals surface area contributed by atoms with Gasteiger partial charge in [0, 0.05) is 18.2 Å². The van der Waals surface area contributed by atoms with Gasteiger partial charge in [-0.1, -0.05) is 39.2 Å². The third-order valence-corrected chi connectivity index (χ3v) is 6.29. The summed E-state index contributed by atoms with van der Waals surface area (Å²) in [5.41, 5.74) is 0.873. The van der Waals surface area contributed by atoms with Crippen molar-refractivity contribution in [2.45, 2.75) is 58.3 Å². The molecule has 1 aromatic rings. The van der Waals surface area contributed by atoms with E-state index in [-0.39, 0.29) is 17.4 Å². The molecule has 2 saturated carbocycles. The van der Waals surface area contributed by atoms with Crippen molar-refractivity contribution in [3.63, 3.8) is 0 Å². The second-order valence-corrected chi connectivity index (χ2v) is 8.45. The van der Waals surface area contributed by atoms with Gasteiger partial charge in [0.2, 0.25) is 0 Å². The highest BCUT2D eigenvalue weighted by molar-refractivity contribution is 6.39. The van der Waals surface area contributed by atoms with Crippen molar-refractivity contribution in [2.24, 2.45) is 10.8 Å². The van der Waals surface area contributed by atoms with Gasteiger partial charge in [-0.15, -0.1) is 0 Å². The average Bonchev–Trinajstić information content (AvgIpc) is 3.22. The summed E-state index contributed by atoms with van der Waals surface area (Å²) >= 11 is 0. The number of carbonyl (C=O) groups excluding carboxylic acids is 2. The van der Waals surface area contributed by atoms with Crippen LogP contribution in [0.25, 0.3) is 0 Å². The molecule has 0 bridgehead atoms. The molecule has 2 fully saturated rings. The number of rotatable bonds is 5. The Hall–Kier alpha value is -1.95. The lowest BCUT2D eigenvalue weighted by molar-refractivity contribution is -0.136. The quantitative estimate of drug-likeness (QED) is 0.705. The molecule has 1 atom stereocenters. The molecular weight excluding hydrogens is 330 g/mol. The molecular formula is C20H29N3O3. The monoisotopic (exact) mass is 359 g/mol. The Morgan fingerprint density at radius 2 is 1.88 bits per heavy atom. The summed E-state index contributed by atoms with van der Waals surface area (Å²) in [5.74, 6) is -0.484. The van der Waals surface area contributed by atoms with Crippen molar-refractivity contribution in [1.82, 2.24) is 10.3 Å². The molecule has 3 N–H and O–H groups in total. The van der Waals surface area contributed by atoms with Gasteiger partial charge in [0.1, 0.15) is 5.82 Å². The third-order valence-electron chi connectivity index (χ3n) is 6.29. The van der Waals surface area contributed by atoms with Crippen LogP contribution in [0.3, 0.4) is 0 Å². The Labute approximate surface area is 154 Å². The van der Waals surface area contributed by atoms with Crippen LogP contribution >= 0.6 is 0 Å². The van der Waals surface area contributed by atoms with Gasteiger partial charge in [-0.2, -0.15) is 0 Å². The predicted molar refractivity (Wildman–Crippen MR) is 99.6 cm³/mol. The van der Waals surface area contributed by atoms with Gasteiger partial charge in [-0.05, 0) is 42.2 Å². The van der Waals surface area contributed by atoms with Gasteiger partial charge in [-0.25, -0.2) is 4.98 Å². The van der Waals surface area contributed by atoms with Gasteiger partial charge in [0.05, 0.1) is 6.61 Å². The molecule has 6 nitrogen and oxygen atoms in total. The standard InChI is InChI=1S/C20H29N3O3/c1-19(2)11-20(19,13-24)12-22-17(25)18(26)23-16-9-8-15(10-21-16)14-6-4-3-5-7-14/h8-10,14,24H,3-7,11-13H2,1-2H3,(H,22,25)(H,21,23,26). The number of carbonyl (C=O) groups is 2. The minimum Gasteiger partial charge on any atom is -0.396 e. The first-order chi connectivity index (χ1) is 12.4. The SMILES string of the molecule is CC1(C)CC1(CO)CNC(=O)C(=O)Nc1ccc(C2CCCCC2)cn1. The summed E-state index contributed by atoms with van der Waals surface area (Å²) in [6.07, 6.45) is 8.85. The number of aliphatic hydroxyl groups excluding tert-OH is 1.